The lowest BCUT2D eigenvalue weighted by Crippen LogP contribution is -2.26. The summed E-state index contributed by atoms with van der Waals surface area (Å²) in [4.78, 5) is 8.71. The van der Waals surface area contributed by atoms with E-state index in [1.807, 2.05) is 30.7 Å². The highest BCUT2D eigenvalue weighted by molar-refractivity contribution is 5.17. The Balaban J connectivity index is 1.81. The first-order valence-corrected chi connectivity index (χ1v) is 7.81. The number of imidazole rings is 1. The second kappa shape index (κ2) is 8.08. The van der Waals surface area contributed by atoms with Crippen molar-refractivity contribution in [2.45, 2.75) is 39.4 Å². The fourth-order valence-corrected chi connectivity index (χ4v) is 2.22. The van der Waals surface area contributed by atoms with Gasteiger partial charge in [-0.05, 0) is 26.3 Å². The maximum absolute atomic E-state index is 5.45. The molecule has 2 rings (SSSR count). The van der Waals surface area contributed by atoms with Gasteiger partial charge in [-0.25, -0.2) is 9.97 Å². The van der Waals surface area contributed by atoms with Gasteiger partial charge in [-0.3, -0.25) is 0 Å². The quantitative estimate of drug-likeness (QED) is 0.757. The second-order valence-corrected chi connectivity index (χ2v) is 6.33. The number of ether oxygens (including phenoxy) is 2. The summed E-state index contributed by atoms with van der Waals surface area (Å²) in [5.74, 6) is 1.65. The maximum Gasteiger partial charge on any atom is 0.213 e. The lowest BCUT2D eigenvalue weighted by Gasteiger charge is -2.23. The van der Waals surface area contributed by atoms with Crippen molar-refractivity contribution in [2.24, 2.45) is 0 Å². The van der Waals surface area contributed by atoms with Gasteiger partial charge >= 0.3 is 0 Å². The Morgan fingerprint density at radius 2 is 1.96 bits per heavy atom. The monoisotopic (exact) mass is 318 g/mol. The molecular weight excluding hydrogens is 292 g/mol. The van der Waals surface area contributed by atoms with Crippen LogP contribution in [0.25, 0.3) is 0 Å². The number of rotatable bonds is 8. The van der Waals surface area contributed by atoms with Gasteiger partial charge in [-0.15, -0.1) is 0 Å². The topological polar surface area (TPSA) is 61.2 Å². The Hall–Kier alpha value is -1.92. The van der Waals surface area contributed by atoms with Gasteiger partial charge in [0.25, 0.3) is 0 Å². The molecule has 0 fully saturated rings. The van der Waals surface area contributed by atoms with E-state index in [0.29, 0.717) is 19.1 Å². The molecule has 0 radical (unpaired) electrons. The van der Waals surface area contributed by atoms with Crippen LogP contribution in [0, 0.1) is 0 Å². The molecule has 0 aliphatic rings. The zero-order valence-electron chi connectivity index (χ0n) is 14.4. The number of methoxy groups -OCH3 is 1. The van der Waals surface area contributed by atoms with E-state index >= 15 is 0 Å². The van der Waals surface area contributed by atoms with Gasteiger partial charge in [-0.2, -0.15) is 0 Å². The molecule has 23 heavy (non-hydrogen) atoms. The predicted molar refractivity (Wildman–Crippen MR) is 89.4 cm³/mol. The minimum atomic E-state index is 0.0380. The molecule has 6 nitrogen and oxygen atoms in total. The molecule has 0 amide bonds. The van der Waals surface area contributed by atoms with Gasteiger partial charge in [0.2, 0.25) is 5.88 Å². The summed E-state index contributed by atoms with van der Waals surface area (Å²) in [6.07, 6.45) is 5.69. The number of hydrogen-bond acceptors (Lipinski definition) is 5. The molecule has 0 aliphatic heterocycles. The minimum absolute atomic E-state index is 0.0380. The summed E-state index contributed by atoms with van der Waals surface area (Å²) in [6.45, 7) is 9.04. The van der Waals surface area contributed by atoms with Crippen molar-refractivity contribution >= 4 is 0 Å². The molecule has 2 aromatic rings. The third-order valence-corrected chi connectivity index (χ3v) is 3.39. The Labute approximate surface area is 137 Å². The third-order valence-electron chi connectivity index (χ3n) is 3.39. The third kappa shape index (κ3) is 5.33. The Bertz CT molecular complexity index is 587. The van der Waals surface area contributed by atoms with Crippen LogP contribution in [0.4, 0.5) is 0 Å². The molecule has 2 aromatic heterocycles. The van der Waals surface area contributed by atoms with Crippen LogP contribution in [0.3, 0.4) is 0 Å². The first-order chi connectivity index (χ1) is 11.0. The molecule has 0 saturated carbocycles. The average molecular weight is 318 g/mol. The van der Waals surface area contributed by atoms with Crippen LogP contribution >= 0.6 is 0 Å². The average Bonchev–Trinajstić information content (AvgIpc) is 2.98. The van der Waals surface area contributed by atoms with Crippen molar-refractivity contribution in [3.8, 4) is 5.88 Å². The molecule has 6 heteroatoms. The summed E-state index contributed by atoms with van der Waals surface area (Å²) < 4.78 is 12.6. The van der Waals surface area contributed by atoms with E-state index in [0.717, 1.165) is 24.5 Å². The first-order valence-electron chi connectivity index (χ1n) is 7.81. The van der Waals surface area contributed by atoms with Gasteiger partial charge in [0.1, 0.15) is 12.4 Å². The van der Waals surface area contributed by atoms with Crippen LogP contribution in [0.5, 0.6) is 5.88 Å². The van der Waals surface area contributed by atoms with Crippen LogP contribution in [0.1, 0.15) is 32.2 Å². The van der Waals surface area contributed by atoms with Crippen LogP contribution < -0.4 is 10.1 Å². The Morgan fingerprint density at radius 3 is 2.61 bits per heavy atom. The molecule has 1 N–H and O–H groups in total. The molecule has 0 aromatic carbocycles. The summed E-state index contributed by atoms with van der Waals surface area (Å²) in [6, 6.07) is 3.89. The fourth-order valence-electron chi connectivity index (χ4n) is 2.22. The zero-order chi connectivity index (χ0) is 16.7. The van der Waals surface area contributed by atoms with Crippen molar-refractivity contribution in [2.75, 3.05) is 20.3 Å². The number of pyridine rings is 1. The number of nitrogens with zero attached hydrogens (tertiary/aromatic N) is 3. The largest absolute Gasteiger partial charge is 0.475 e. The van der Waals surface area contributed by atoms with E-state index in [1.165, 1.54) is 0 Å². The highest BCUT2D eigenvalue weighted by Crippen LogP contribution is 2.16. The summed E-state index contributed by atoms with van der Waals surface area (Å²) in [5.41, 5.74) is 1.15. The Morgan fingerprint density at radius 1 is 1.13 bits per heavy atom. The number of aromatic nitrogens is 3. The zero-order valence-corrected chi connectivity index (χ0v) is 14.4. The molecule has 0 spiro atoms. The highest BCUT2D eigenvalue weighted by atomic mass is 16.5. The lowest BCUT2D eigenvalue weighted by molar-refractivity contribution is 0.143. The number of hydrogen-bond donors (Lipinski definition) is 1. The highest BCUT2D eigenvalue weighted by Gasteiger charge is 2.15. The van der Waals surface area contributed by atoms with Gasteiger partial charge in [-0.1, -0.05) is 6.07 Å². The molecule has 126 valence electrons. The summed E-state index contributed by atoms with van der Waals surface area (Å²) >= 11 is 0. The van der Waals surface area contributed by atoms with Crippen molar-refractivity contribution in [1.82, 2.24) is 19.9 Å². The lowest BCUT2D eigenvalue weighted by atomic mass is 10.1. The van der Waals surface area contributed by atoms with Crippen LogP contribution in [0.15, 0.2) is 30.7 Å². The minimum Gasteiger partial charge on any atom is -0.475 e. The van der Waals surface area contributed by atoms with Gasteiger partial charge in [0, 0.05) is 43.9 Å². The summed E-state index contributed by atoms with van der Waals surface area (Å²) in [7, 11) is 1.65. The molecule has 0 unspecified atom stereocenters. The molecule has 0 bridgehead atoms. The van der Waals surface area contributed by atoms with Crippen molar-refractivity contribution in [1.29, 1.82) is 0 Å². The molecule has 2 heterocycles. The van der Waals surface area contributed by atoms with E-state index in [2.05, 4.69) is 40.6 Å². The summed E-state index contributed by atoms with van der Waals surface area (Å²) in [5, 5.41) is 3.40. The van der Waals surface area contributed by atoms with Crippen LogP contribution in [0.2, 0.25) is 0 Å². The van der Waals surface area contributed by atoms with Gasteiger partial charge in [0.05, 0.1) is 13.2 Å². The molecule has 0 aliphatic carbocycles. The predicted octanol–water partition coefficient (Wildman–Crippen LogP) is 2.35. The molecule has 0 saturated heterocycles. The van der Waals surface area contributed by atoms with Gasteiger partial charge in [0.15, 0.2) is 0 Å². The second-order valence-electron chi connectivity index (χ2n) is 6.33. The van der Waals surface area contributed by atoms with E-state index in [9.17, 15) is 0 Å². The fraction of sp³-hybridized carbons (Fsp3) is 0.529. The van der Waals surface area contributed by atoms with E-state index in [-0.39, 0.29) is 5.54 Å². The van der Waals surface area contributed by atoms with E-state index in [4.69, 9.17) is 9.47 Å². The number of nitrogens with one attached hydrogen (secondary N) is 1. The van der Waals surface area contributed by atoms with Crippen LogP contribution in [-0.2, 0) is 23.4 Å². The SMILES string of the molecule is COCCOc1ccc(CNCc2nccn2C(C)(C)C)cn1. The maximum atomic E-state index is 5.45. The van der Waals surface area contributed by atoms with Gasteiger partial charge < -0.3 is 19.4 Å². The van der Waals surface area contributed by atoms with Crippen molar-refractivity contribution in [3.05, 3.63) is 42.1 Å². The first kappa shape index (κ1) is 17.4. The molecule has 0 atom stereocenters. The van der Waals surface area contributed by atoms with Crippen molar-refractivity contribution in [3.63, 3.8) is 0 Å². The smallest absolute Gasteiger partial charge is 0.213 e. The van der Waals surface area contributed by atoms with E-state index < -0.39 is 0 Å². The van der Waals surface area contributed by atoms with Crippen LogP contribution in [-0.4, -0.2) is 34.9 Å². The normalized spacial score (nSPS) is 11.7. The van der Waals surface area contributed by atoms with Crippen molar-refractivity contribution < 1.29 is 9.47 Å². The van der Waals surface area contributed by atoms with E-state index in [1.54, 1.807) is 7.11 Å². The standard InChI is InChI=1S/C17H26N4O2/c1-17(2,3)21-8-7-19-15(21)13-18-11-14-5-6-16(20-12-14)23-10-9-22-4/h5-8,12,18H,9-11,13H2,1-4H3. The Kier molecular flexibility index (Phi) is 6.12. The molecular formula is C17H26N4O2.